The van der Waals surface area contributed by atoms with E-state index >= 15 is 0 Å². The normalized spacial score (nSPS) is 21.6. The molecular formula is C22H20ClF3N4O2. The molecule has 0 saturated carbocycles. The molecule has 0 aliphatic carbocycles. The van der Waals surface area contributed by atoms with Gasteiger partial charge in [-0.05, 0) is 42.3 Å². The van der Waals surface area contributed by atoms with E-state index in [1.54, 1.807) is 17.0 Å². The van der Waals surface area contributed by atoms with Gasteiger partial charge in [-0.25, -0.2) is 0 Å². The number of carbonyl (C=O) groups is 2. The second kappa shape index (κ2) is 8.55. The molecule has 2 aliphatic heterocycles. The highest BCUT2D eigenvalue weighted by Gasteiger charge is 2.40. The first-order chi connectivity index (χ1) is 15.1. The largest absolute Gasteiger partial charge is 0.473 e. The standard InChI is InChI=1S/C22H20ClF3N4O2/c23-15-3-1-2-12(8-15)17-10-28-7-6-18(17)30-11-14-5-4-13(9-16(14)20(30)31)19(27)29-21(32)22(24,25)26/h1-5,8-9,17-18,28H,6-7,10-11H2,(H2,27,29,32). The fourth-order valence-electron chi connectivity index (χ4n) is 4.28. The van der Waals surface area contributed by atoms with Crippen molar-refractivity contribution in [2.75, 3.05) is 13.1 Å². The van der Waals surface area contributed by atoms with Crippen molar-refractivity contribution in [1.29, 1.82) is 0 Å². The Bertz CT molecular complexity index is 1100. The Hall–Kier alpha value is -2.91. The molecular weight excluding hydrogens is 445 g/mol. The first kappa shape index (κ1) is 22.3. The predicted molar refractivity (Wildman–Crippen MR) is 114 cm³/mol. The van der Waals surface area contributed by atoms with Crippen LogP contribution in [0.4, 0.5) is 13.2 Å². The van der Waals surface area contributed by atoms with Crippen molar-refractivity contribution in [2.45, 2.75) is 31.1 Å². The summed E-state index contributed by atoms with van der Waals surface area (Å²) in [4.78, 5) is 29.1. The van der Waals surface area contributed by atoms with Gasteiger partial charge in [-0.3, -0.25) is 9.59 Å². The average molecular weight is 465 g/mol. The molecule has 6 nitrogen and oxygen atoms in total. The molecule has 2 amide bonds. The van der Waals surface area contributed by atoms with Gasteiger partial charge in [0.15, 0.2) is 0 Å². The van der Waals surface area contributed by atoms with Crippen LogP contribution < -0.4 is 11.1 Å². The van der Waals surface area contributed by atoms with Crippen molar-refractivity contribution in [2.24, 2.45) is 10.7 Å². The number of alkyl halides is 3. The number of benzene rings is 2. The monoisotopic (exact) mass is 464 g/mol. The topological polar surface area (TPSA) is 87.8 Å². The molecule has 2 aliphatic rings. The first-order valence-electron chi connectivity index (χ1n) is 10.0. The number of piperidine rings is 1. The van der Waals surface area contributed by atoms with Gasteiger partial charge in [0.1, 0.15) is 5.84 Å². The first-order valence-corrected chi connectivity index (χ1v) is 10.4. The Morgan fingerprint density at radius 3 is 2.72 bits per heavy atom. The van der Waals surface area contributed by atoms with Crippen molar-refractivity contribution in [3.05, 3.63) is 69.7 Å². The molecule has 2 aromatic carbocycles. The number of amidine groups is 1. The molecule has 0 radical (unpaired) electrons. The molecule has 2 aromatic rings. The van der Waals surface area contributed by atoms with Crippen molar-refractivity contribution >= 4 is 29.3 Å². The summed E-state index contributed by atoms with van der Waals surface area (Å²) in [5.41, 5.74) is 7.82. The SMILES string of the molecule is NC(=NC(=O)C(F)(F)F)c1ccc2c(c1)C(=O)N(C1CCNCC1c1cccc(Cl)c1)C2. The molecule has 0 aromatic heterocycles. The third-order valence-electron chi connectivity index (χ3n) is 5.82. The summed E-state index contributed by atoms with van der Waals surface area (Å²) in [6, 6.07) is 12.0. The molecule has 10 heteroatoms. The van der Waals surface area contributed by atoms with E-state index in [1.165, 1.54) is 12.1 Å². The molecule has 32 heavy (non-hydrogen) atoms. The van der Waals surface area contributed by atoms with Crippen molar-refractivity contribution in [1.82, 2.24) is 10.2 Å². The maximum Gasteiger partial charge on any atom is 0.473 e. The minimum absolute atomic E-state index is 0.0382. The van der Waals surface area contributed by atoms with Crippen molar-refractivity contribution in [3.8, 4) is 0 Å². The quantitative estimate of drug-likeness (QED) is 0.539. The number of aliphatic imine (C=N–C) groups is 1. The smallest absolute Gasteiger partial charge is 0.383 e. The predicted octanol–water partition coefficient (Wildman–Crippen LogP) is 3.24. The van der Waals surface area contributed by atoms with Gasteiger partial charge in [0.05, 0.1) is 0 Å². The van der Waals surface area contributed by atoms with Crippen LogP contribution in [-0.2, 0) is 11.3 Å². The van der Waals surface area contributed by atoms with Gasteiger partial charge in [0.2, 0.25) is 0 Å². The van der Waals surface area contributed by atoms with Crippen LogP contribution in [0.3, 0.4) is 0 Å². The van der Waals surface area contributed by atoms with Gasteiger partial charge in [-0.1, -0.05) is 35.9 Å². The van der Waals surface area contributed by atoms with E-state index in [-0.39, 0.29) is 23.4 Å². The van der Waals surface area contributed by atoms with Crippen LogP contribution >= 0.6 is 11.6 Å². The fraction of sp³-hybridized carbons (Fsp3) is 0.318. The van der Waals surface area contributed by atoms with Crippen molar-refractivity contribution in [3.63, 3.8) is 0 Å². The molecule has 0 spiro atoms. The summed E-state index contributed by atoms with van der Waals surface area (Å²) in [5.74, 6) is -3.06. The Morgan fingerprint density at radius 1 is 1.22 bits per heavy atom. The van der Waals surface area contributed by atoms with Crippen LogP contribution in [0.1, 0.15) is 39.4 Å². The Morgan fingerprint density at radius 2 is 2.00 bits per heavy atom. The molecule has 1 saturated heterocycles. The lowest BCUT2D eigenvalue weighted by Gasteiger charge is -2.38. The number of nitrogens with two attached hydrogens (primary N) is 1. The zero-order valence-corrected chi connectivity index (χ0v) is 17.6. The van der Waals surface area contributed by atoms with E-state index in [2.05, 4.69) is 10.3 Å². The summed E-state index contributed by atoms with van der Waals surface area (Å²) in [6.45, 7) is 1.83. The molecule has 4 rings (SSSR count). The van der Waals surface area contributed by atoms with Crippen LogP contribution in [0.5, 0.6) is 0 Å². The van der Waals surface area contributed by atoms with E-state index in [0.29, 0.717) is 23.7 Å². The van der Waals surface area contributed by atoms with Gasteiger partial charge in [0, 0.05) is 41.2 Å². The molecule has 2 unspecified atom stereocenters. The third-order valence-corrected chi connectivity index (χ3v) is 6.06. The summed E-state index contributed by atoms with van der Waals surface area (Å²) < 4.78 is 37.4. The number of hydrogen-bond acceptors (Lipinski definition) is 3. The molecule has 2 heterocycles. The number of amides is 2. The van der Waals surface area contributed by atoms with Gasteiger partial charge < -0.3 is 16.0 Å². The number of halogens is 4. The zero-order chi connectivity index (χ0) is 23.0. The summed E-state index contributed by atoms with van der Waals surface area (Å²) in [6.07, 6.45) is -4.37. The highest BCUT2D eigenvalue weighted by Crippen LogP contribution is 2.35. The van der Waals surface area contributed by atoms with Crippen LogP contribution in [0.2, 0.25) is 5.02 Å². The maximum atomic E-state index is 13.2. The molecule has 3 N–H and O–H groups in total. The molecule has 1 fully saturated rings. The molecule has 0 bridgehead atoms. The summed E-state index contributed by atoms with van der Waals surface area (Å²) in [7, 11) is 0. The Balaban J connectivity index is 1.60. The number of fused-ring (bicyclic) bond motifs is 1. The highest BCUT2D eigenvalue weighted by molar-refractivity contribution is 6.30. The second-order valence-electron chi connectivity index (χ2n) is 7.83. The van der Waals surface area contributed by atoms with Crippen LogP contribution in [-0.4, -0.2) is 47.9 Å². The van der Waals surface area contributed by atoms with E-state index in [9.17, 15) is 22.8 Å². The van der Waals surface area contributed by atoms with E-state index in [4.69, 9.17) is 17.3 Å². The lowest BCUT2D eigenvalue weighted by Crippen LogP contribution is -2.48. The van der Waals surface area contributed by atoms with Gasteiger partial charge >= 0.3 is 12.1 Å². The maximum absolute atomic E-state index is 13.2. The van der Waals surface area contributed by atoms with Gasteiger partial charge in [-0.15, -0.1) is 0 Å². The average Bonchev–Trinajstić information content (AvgIpc) is 3.09. The number of hydrogen-bond donors (Lipinski definition) is 2. The number of nitrogens with one attached hydrogen (secondary N) is 1. The summed E-state index contributed by atoms with van der Waals surface area (Å²) >= 11 is 6.17. The minimum atomic E-state index is -5.11. The van der Waals surface area contributed by atoms with E-state index in [0.717, 1.165) is 24.1 Å². The van der Waals surface area contributed by atoms with Gasteiger partial charge in [0.25, 0.3) is 5.91 Å². The lowest BCUT2D eigenvalue weighted by atomic mass is 9.86. The summed E-state index contributed by atoms with van der Waals surface area (Å²) in [5, 5.41) is 3.98. The Labute approximate surface area is 187 Å². The second-order valence-corrected chi connectivity index (χ2v) is 8.26. The minimum Gasteiger partial charge on any atom is -0.383 e. The van der Waals surface area contributed by atoms with E-state index < -0.39 is 17.9 Å². The van der Waals surface area contributed by atoms with Crippen LogP contribution in [0, 0.1) is 0 Å². The number of carbonyl (C=O) groups excluding carboxylic acids is 2. The molecule has 168 valence electrons. The van der Waals surface area contributed by atoms with Crippen molar-refractivity contribution < 1.29 is 22.8 Å². The van der Waals surface area contributed by atoms with E-state index in [1.807, 2.05) is 18.2 Å². The number of nitrogens with zero attached hydrogens (tertiary/aromatic N) is 2. The number of rotatable bonds is 3. The Kier molecular flexibility index (Phi) is 5.96. The zero-order valence-electron chi connectivity index (χ0n) is 16.8. The lowest BCUT2D eigenvalue weighted by molar-refractivity contribution is -0.169. The third kappa shape index (κ3) is 4.35. The molecule has 2 atom stereocenters. The fourth-order valence-corrected chi connectivity index (χ4v) is 4.48. The van der Waals surface area contributed by atoms with Crippen LogP contribution in [0.15, 0.2) is 47.5 Å². The van der Waals surface area contributed by atoms with Crippen LogP contribution in [0.25, 0.3) is 0 Å². The highest BCUT2D eigenvalue weighted by atomic mass is 35.5. The van der Waals surface area contributed by atoms with Gasteiger partial charge in [-0.2, -0.15) is 18.2 Å².